The first kappa shape index (κ1) is 19.4. The summed E-state index contributed by atoms with van der Waals surface area (Å²) < 4.78 is 6.55. The largest absolute Gasteiger partial charge is 0.481 e. The van der Waals surface area contributed by atoms with Crippen molar-refractivity contribution in [3.8, 4) is 0 Å². The number of carbonyl (C=O) groups excluding carboxylic acids is 1. The van der Waals surface area contributed by atoms with Gasteiger partial charge >= 0.3 is 5.97 Å². The number of rotatable bonds is 5. The summed E-state index contributed by atoms with van der Waals surface area (Å²) in [7, 11) is -1.89. The van der Waals surface area contributed by atoms with E-state index in [2.05, 4.69) is 40.8 Å². The molecule has 5 heteroatoms. The topological polar surface area (TPSA) is 63.6 Å². The smallest absolute Gasteiger partial charge is 0.303 e. The third-order valence-electron chi connectivity index (χ3n) is 5.97. The van der Waals surface area contributed by atoms with Gasteiger partial charge in [0.15, 0.2) is 8.32 Å². The molecule has 128 valence electrons. The molecule has 1 fully saturated rings. The van der Waals surface area contributed by atoms with E-state index in [4.69, 9.17) is 9.53 Å². The van der Waals surface area contributed by atoms with Crippen molar-refractivity contribution in [1.29, 1.82) is 0 Å². The molecule has 1 saturated carbocycles. The molecule has 0 aliphatic heterocycles. The number of ketones is 1. The zero-order valence-corrected chi connectivity index (χ0v) is 16.2. The molecule has 22 heavy (non-hydrogen) atoms. The Labute approximate surface area is 135 Å². The minimum absolute atomic E-state index is 0.0411. The highest BCUT2D eigenvalue weighted by atomic mass is 28.4. The van der Waals surface area contributed by atoms with Crippen LogP contribution in [-0.2, 0) is 14.0 Å². The predicted octanol–water partition coefficient (Wildman–Crippen LogP) is 4.25. The molecule has 0 aromatic carbocycles. The number of aliphatic carboxylic acids is 1. The Morgan fingerprint density at radius 3 is 2.41 bits per heavy atom. The first-order valence-corrected chi connectivity index (χ1v) is 11.1. The molecule has 0 unspecified atom stereocenters. The van der Waals surface area contributed by atoms with Gasteiger partial charge in [0.2, 0.25) is 0 Å². The van der Waals surface area contributed by atoms with Crippen LogP contribution in [0.5, 0.6) is 0 Å². The van der Waals surface area contributed by atoms with Crippen molar-refractivity contribution in [3.05, 3.63) is 0 Å². The van der Waals surface area contributed by atoms with Gasteiger partial charge in [-0.2, -0.15) is 0 Å². The van der Waals surface area contributed by atoms with Crippen molar-refractivity contribution in [2.24, 2.45) is 11.3 Å². The van der Waals surface area contributed by atoms with Crippen LogP contribution >= 0.6 is 0 Å². The molecule has 1 aliphatic carbocycles. The molecule has 1 N–H and O–H groups in total. The van der Waals surface area contributed by atoms with E-state index in [9.17, 15) is 9.59 Å². The van der Waals surface area contributed by atoms with Crippen LogP contribution < -0.4 is 0 Å². The zero-order chi connectivity index (χ0) is 17.3. The molecule has 0 heterocycles. The van der Waals surface area contributed by atoms with Gasteiger partial charge in [-0.3, -0.25) is 9.59 Å². The van der Waals surface area contributed by atoms with Crippen molar-refractivity contribution < 1.29 is 19.1 Å². The molecule has 0 radical (unpaired) electrons. The molecular weight excluding hydrogens is 296 g/mol. The Morgan fingerprint density at radius 2 is 1.95 bits per heavy atom. The fourth-order valence-corrected chi connectivity index (χ4v) is 4.36. The highest BCUT2D eigenvalue weighted by molar-refractivity contribution is 6.74. The lowest BCUT2D eigenvalue weighted by Crippen LogP contribution is -2.52. The first-order chi connectivity index (χ1) is 9.81. The van der Waals surface area contributed by atoms with Crippen molar-refractivity contribution in [1.82, 2.24) is 0 Å². The quantitative estimate of drug-likeness (QED) is 0.766. The number of carboxylic acids is 1. The molecule has 1 rings (SSSR count). The summed E-state index contributed by atoms with van der Waals surface area (Å²) >= 11 is 0. The normalized spacial score (nSPS) is 30.4. The van der Waals surface area contributed by atoms with E-state index < -0.39 is 19.7 Å². The van der Waals surface area contributed by atoms with Crippen LogP contribution in [0, 0.1) is 11.3 Å². The van der Waals surface area contributed by atoms with Crippen molar-refractivity contribution in [2.45, 2.75) is 84.5 Å². The van der Waals surface area contributed by atoms with Gasteiger partial charge in [0.05, 0.1) is 0 Å². The summed E-state index contributed by atoms with van der Waals surface area (Å²) in [6.07, 6.45) is 1.76. The SMILES string of the molecule is C[C@H]1[C@H](O[Si](C)(C)C(C)(C)C)CCC(=O)[C@]1(C)CCC(=O)O. The molecule has 1 aliphatic rings. The maximum Gasteiger partial charge on any atom is 0.303 e. The summed E-state index contributed by atoms with van der Waals surface area (Å²) in [4.78, 5) is 23.3. The van der Waals surface area contributed by atoms with Gasteiger partial charge in [0.25, 0.3) is 0 Å². The number of Topliss-reactive ketones (excluding diaryl/α,β-unsaturated/α-hetero) is 1. The number of hydrogen-bond donors (Lipinski definition) is 1. The van der Waals surface area contributed by atoms with E-state index in [0.717, 1.165) is 6.42 Å². The lowest BCUT2D eigenvalue weighted by Gasteiger charge is -2.47. The molecule has 0 spiro atoms. The van der Waals surface area contributed by atoms with Gasteiger partial charge in [-0.25, -0.2) is 0 Å². The van der Waals surface area contributed by atoms with Gasteiger partial charge in [-0.1, -0.05) is 34.6 Å². The van der Waals surface area contributed by atoms with Crippen LogP contribution in [0.4, 0.5) is 0 Å². The second kappa shape index (κ2) is 6.44. The van der Waals surface area contributed by atoms with Crippen molar-refractivity contribution in [2.75, 3.05) is 0 Å². The maximum atomic E-state index is 12.4. The second-order valence-corrected chi connectivity index (χ2v) is 13.2. The monoisotopic (exact) mass is 328 g/mol. The Hall–Kier alpha value is -0.683. The van der Waals surface area contributed by atoms with Gasteiger partial charge in [-0.15, -0.1) is 0 Å². The summed E-state index contributed by atoms with van der Waals surface area (Å²) in [5.74, 6) is -0.591. The first-order valence-electron chi connectivity index (χ1n) is 8.24. The maximum absolute atomic E-state index is 12.4. The van der Waals surface area contributed by atoms with Gasteiger partial charge in [0, 0.05) is 24.4 Å². The lowest BCUT2D eigenvalue weighted by atomic mass is 9.64. The summed E-state index contributed by atoms with van der Waals surface area (Å²) in [6.45, 7) is 15.1. The summed E-state index contributed by atoms with van der Waals surface area (Å²) in [5.41, 5.74) is -0.580. The number of carbonyl (C=O) groups is 2. The zero-order valence-electron chi connectivity index (χ0n) is 15.2. The third kappa shape index (κ3) is 3.99. The van der Waals surface area contributed by atoms with E-state index in [-0.39, 0.29) is 29.3 Å². The Bertz CT molecular complexity index is 438. The van der Waals surface area contributed by atoms with Gasteiger partial charge < -0.3 is 9.53 Å². The van der Waals surface area contributed by atoms with Crippen LogP contribution in [0.2, 0.25) is 18.1 Å². The van der Waals surface area contributed by atoms with E-state index in [1.807, 2.05) is 6.92 Å². The van der Waals surface area contributed by atoms with Gasteiger partial charge in [0.1, 0.15) is 5.78 Å². The molecule has 0 amide bonds. The molecular formula is C17H32O4Si. The fraction of sp³-hybridized carbons (Fsp3) is 0.882. The van der Waals surface area contributed by atoms with E-state index in [1.165, 1.54) is 0 Å². The summed E-state index contributed by atoms with van der Waals surface area (Å²) in [6, 6.07) is 0. The van der Waals surface area contributed by atoms with Crippen molar-refractivity contribution >= 4 is 20.1 Å². The second-order valence-electron chi connectivity index (χ2n) is 8.48. The van der Waals surface area contributed by atoms with Crippen LogP contribution in [0.3, 0.4) is 0 Å². The van der Waals surface area contributed by atoms with E-state index >= 15 is 0 Å². The van der Waals surface area contributed by atoms with Crippen molar-refractivity contribution in [3.63, 3.8) is 0 Å². The third-order valence-corrected chi connectivity index (χ3v) is 10.5. The Kier molecular flexibility index (Phi) is 5.67. The lowest BCUT2D eigenvalue weighted by molar-refractivity contribution is -0.143. The highest BCUT2D eigenvalue weighted by Gasteiger charge is 2.49. The summed E-state index contributed by atoms with van der Waals surface area (Å²) in [5, 5.41) is 9.09. The molecule has 0 saturated heterocycles. The van der Waals surface area contributed by atoms with Crippen LogP contribution in [0.15, 0.2) is 0 Å². The van der Waals surface area contributed by atoms with Crippen LogP contribution in [-0.4, -0.2) is 31.3 Å². The number of hydrogen-bond acceptors (Lipinski definition) is 3. The average molecular weight is 329 g/mol. The van der Waals surface area contributed by atoms with Gasteiger partial charge in [-0.05, 0) is 36.9 Å². The fourth-order valence-electron chi connectivity index (χ4n) is 2.92. The van der Waals surface area contributed by atoms with Crippen LogP contribution in [0.1, 0.15) is 60.3 Å². The average Bonchev–Trinajstić information content (AvgIpc) is 2.36. The molecule has 0 aromatic heterocycles. The van der Waals surface area contributed by atoms with E-state index in [1.54, 1.807) is 0 Å². The molecule has 3 atom stereocenters. The predicted molar refractivity (Wildman–Crippen MR) is 90.5 cm³/mol. The standard InChI is InChI=1S/C17H32O4Si/c1-12-13(21-22(6,7)16(2,3)4)8-9-14(18)17(12,5)11-10-15(19)20/h12-13H,8-11H2,1-7H3,(H,19,20)/t12-,13+,17+/m0/s1. The Morgan fingerprint density at radius 1 is 1.41 bits per heavy atom. The molecule has 0 bridgehead atoms. The highest BCUT2D eigenvalue weighted by Crippen LogP contribution is 2.46. The minimum atomic E-state index is -1.89. The van der Waals surface area contributed by atoms with Crippen LogP contribution in [0.25, 0.3) is 0 Å². The molecule has 4 nitrogen and oxygen atoms in total. The molecule has 0 aromatic rings. The Balaban J connectivity index is 2.92. The van der Waals surface area contributed by atoms with E-state index in [0.29, 0.717) is 12.8 Å². The number of carboxylic acid groups (broad SMARTS) is 1. The minimum Gasteiger partial charge on any atom is -0.481 e.